The summed E-state index contributed by atoms with van der Waals surface area (Å²) in [4.78, 5) is 4.47. The smallest absolute Gasteiger partial charge is 0.232 e. The molecule has 8 heteroatoms. The van der Waals surface area contributed by atoms with Gasteiger partial charge in [-0.1, -0.05) is 80.2 Å². The standard InChI is InChI=1S/C22H22FN5OS/c1-22(2,3)20-24-18(27-29-20)14-30-21-26-25-19(16-11-7-8-12-17(16)23)28(21)13-15-9-5-4-6-10-15/h4-12H,13-14H2,1-3H3. The van der Waals surface area contributed by atoms with Crippen LogP contribution in [0.25, 0.3) is 11.4 Å². The zero-order valence-electron chi connectivity index (χ0n) is 17.0. The molecule has 0 aliphatic rings. The van der Waals surface area contributed by atoms with E-state index in [1.807, 2.05) is 55.7 Å². The van der Waals surface area contributed by atoms with E-state index in [0.717, 1.165) is 5.56 Å². The van der Waals surface area contributed by atoms with Crippen LogP contribution in [0.2, 0.25) is 0 Å². The fourth-order valence-electron chi connectivity index (χ4n) is 2.89. The summed E-state index contributed by atoms with van der Waals surface area (Å²) >= 11 is 1.45. The molecule has 4 rings (SSSR count). The molecule has 30 heavy (non-hydrogen) atoms. The Morgan fingerprint density at radius 2 is 1.73 bits per heavy atom. The zero-order chi connectivity index (χ0) is 21.1. The summed E-state index contributed by atoms with van der Waals surface area (Å²) < 4.78 is 21.7. The molecule has 0 radical (unpaired) electrons. The van der Waals surface area contributed by atoms with E-state index >= 15 is 0 Å². The van der Waals surface area contributed by atoms with Gasteiger partial charge < -0.3 is 4.52 Å². The molecule has 154 valence electrons. The Balaban J connectivity index is 1.64. The van der Waals surface area contributed by atoms with E-state index in [9.17, 15) is 4.39 Å². The summed E-state index contributed by atoms with van der Waals surface area (Å²) in [5.74, 6) is 1.82. The predicted octanol–water partition coefficient (Wildman–Crippen LogP) is 5.11. The average Bonchev–Trinajstić information content (AvgIpc) is 3.35. The second-order valence-electron chi connectivity index (χ2n) is 7.91. The molecule has 0 unspecified atom stereocenters. The zero-order valence-corrected chi connectivity index (χ0v) is 17.9. The molecule has 0 amide bonds. The van der Waals surface area contributed by atoms with Crippen LogP contribution in [-0.2, 0) is 17.7 Å². The van der Waals surface area contributed by atoms with Crippen LogP contribution in [0.3, 0.4) is 0 Å². The summed E-state index contributed by atoms with van der Waals surface area (Å²) in [6.45, 7) is 6.59. The SMILES string of the molecule is CC(C)(C)c1nc(CSc2nnc(-c3ccccc3F)n2Cc2ccccc2)no1. The van der Waals surface area contributed by atoms with Gasteiger partial charge in [0.25, 0.3) is 0 Å². The highest BCUT2D eigenvalue weighted by molar-refractivity contribution is 7.98. The number of hydrogen-bond acceptors (Lipinski definition) is 6. The van der Waals surface area contributed by atoms with Crippen LogP contribution in [0.4, 0.5) is 4.39 Å². The molecule has 0 aliphatic heterocycles. The molecule has 2 aromatic carbocycles. The number of thioether (sulfide) groups is 1. The normalized spacial score (nSPS) is 11.7. The number of hydrogen-bond donors (Lipinski definition) is 0. The van der Waals surface area contributed by atoms with E-state index in [2.05, 4.69) is 20.3 Å². The monoisotopic (exact) mass is 423 g/mol. The average molecular weight is 424 g/mol. The van der Waals surface area contributed by atoms with Crippen molar-refractivity contribution in [1.29, 1.82) is 0 Å². The van der Waals surface area contributed by atoms with Crippen LogP contribution in [0.15, 0.2) is 64.3 Å². The van der Waals surface area contributed by atoms with Gasteiger partial charge in [0.15, 0.2) is 16.8 Å². The van der Waals surface area contributed by atoms with Crippen molar-refractivity contribution in [3.8, 4) is 11.4 Å². The Kier molecular flexibility index (Phi) is 5.67. The van der Waals surface area contributed by atoms with Crippen LogP contribution in [0, 0.1) is 5.82 Å². The maximum absolute atomic E-state index is 14.4. The fourth-order valence-corrected chi connectivity index (χ4v) is 3.67. The van der Waals surface area contributed by atoms with E-state index in [-0.39, 0.29) is 11.2 Å². The Bertz CT molecular complexity index is 1130. The van der Waals surface area contributed by atoms with E-state index in [1.54, 1.807) is 18.2 Å². The predicted molar refractivity (Wildman–Crippen MR) is 114 cm³/mol. The molecule has 0 atom stereocenters. The number of halogens is 1. The van der Waals surface area contributed by atoms with Gasteiger partial charge in [-0.2, -0.15) is 4.98 Å². The first-order chi connectivity index (χ1) is 14.4. The third-order valence-electron chi connectivity index (χ3n) is 4.46. The number of nitrogens with zero attached hydrogens (tertiary/aromatic N) is 5. The lowest BCUT2D eigenvalue weighted by Gasteiger charge is -2.11. The highest BCUT2D eigenvalue weighted by atomic mass is 32.2. The van der Waals surface area contributed by atoms with Crippen molar-refractivity contribution in [3.63, 3.8) is 0 Å². The summed E-state index contributed by atoms with van der Waals surface area (Å²) in [5, 5.41) is 13.3. The third-order valence-corrected chi connectivity index (χ3v) is 5.42. The lowest BCUT2D eigenvalue weighted by atomic mass is 9.97. The first-order valence-corrected chi connectivity index (χ1v) is 10.6. The van der Waals surface area contributed by atoms with Gasteiger partial charge in [-0.25, -0.2) is 4.39 Å². The van der Waals surface area contributed by atoms with Crippen molar-refractivity contribution < 1.29 is 8.91 Å². The van der Waals surface area contributed by atoms with E-state index in [0.29, 0.717) is 40.6 Å². The van der Waals surface area contributed by atoms with Crippen molar-refractivity contribution in [2.75, 3.05) is 0 Å². The molecule has 0 bridgehead atoms. The second kappa shape index (κ2) is 8.39. The third kappa shape index (κ3) is 4.43. The van der Waals surface area contributed by atoms with E-state index in [1.165, 1.54) is 17.8 Å². The van der Waals surface area contributed by atoms with Crippen molar-refractivity contribution >= 4 is 11.8 Å². The van der Waals surface area contributed by atoms with Crippen molar-refractivity contribution in [3.05, 3.63) is 77.7 Å². The van der Waals surface area contributed by atoms with Gasteiger partial charge in [0.05, 0.1) is 17.9 Å². The largest absolute Gasteiger partial charge is 0.339 e. The van der Waals surface area contributed by atoms with Crippen LogP contribution < -0.4 is 0 Å². The maximum atomic E-state index is 14.4. The molecule has 0 saturated heterocycles. The molecule has 0 spiro atoms. The summed E-state index contributed by atoms with van der Waals surface area (Å²) in [6.07, 6.45) is 0. The lowest BCUT2D eigenvalue weighted by Crippen LogP contribution is -2.11. The summed E-state index contributed by atoms with van der Waals surface area (Å²) in [6, 6.07) is 16.6. The molecular weight excluding hydrogens is 401 g/mol. The molecule has 0 fully saturated rings. The molecule has 0 N–H and O–H groups in total. The van der Waals surface area contributed by atoms with Gasteiger partial charge in [-0.15, -0.1) is 10.2 Å². The van der Waals surface area contributed by atoms with Crippen molar-refractivity contribution in [1.82, 2.24) is 24.9 Å². The molecule has 0 saturated carbocycles. The van der Waals surface area contributed by atoms with Gasteiger partial charge in [0, 0.05) is 5.41 Å². The Labute approximate surface area is 178 Å². The van der Waals surface area contributed by atoms with E-state index in [4.69, 9.17) is 4.52 Å². The number of benzene rings is 2. The molecule has 6 nitrogen and oxygen atoms in total. The Hall–Kier alpha value is -3.00. The molecule has 0 aliphatic carbocycles. The van der Waals surface area contributed by atoms with Gasteiger partial charge in [0.2, 0.25) is 5.89 Å². The van der Waals surface area contributed by atoms with Gasteiger partial charge in [-0.3, -0.25) is 4.57 Å². The van der Waals surface area contributed by atoms with E-state index < -0.39 is 0 Å². The van der Waals surface area contributed by atoms with Crippen LogP contribution in [0.1, 0.15) is 38.0 Å². The Morgan fingerprint density at radius 3 is 2.43 bits per heavy atom. The van der Waals surface area contributed by atoms with Gasteiger partial charge in [0.1, 0.15) is 5.82 Å². The van der Waals surface area contributed by atoms with Crippen LogP contribution in [-0.4, -0.2) is 24.9 Å². The van der Waals surface area contributed by atoms with Crippen molar-refractivity contribution in [2.45, 2.75) is 43.6 Å². The first kappa shape index (κ1) is 20.3. The lowest BCUT2D eigenvalue weighted by molar-refractivity contribution is 0.319. The highest BCUT2D eigenvalue weighted by Crippen LogP contribution is 2.29. The quantitative estimate of drug-likeness (QED) is 0.402. The second-order valence-corrected chi connectivity index (χ2v) is 8.85. The molecule has 2 heterocycles. The summed E-state index contributed by atoms with van der Waals surface area (Å²) in [7, 11) is 0. The summed E-state index contributed by atoms with van der Waals surface area (Å²) in [5.41, 5.74) is 1.29. The topological polar surface area (TPSA) is 69.6 Å². The van der Waals surface area contributed by atoms with Gasteiger partial charge >= 0.3 is 0 Å². The minimum atomic E-state index is -0.330. The molecule has 2 aromatic heterocycles. The number of rotatable bonds is 6. The minimum Gasteiger partial charge on any atom is -0.339 e. The number of aromatic nitrogens is 5. The molecule has 4 aromatic rings. The minimum absolute atomic E-state index is 0.207. The van der Waals surface area contributed by atoms with Gasteiger partial charge in [-0.05, 0) is 17.7 Å². The van der Waals surface area contributed by atoms with Crippen molar-refractivity contribution in [2.24, 2.45) is 0 Å². The highest BCUT2D eigenvalue weighted by Gasteiger charge is 2.23. The first-order valence-electron chi connectivity index (χ1n) is 9.60. The fraction of sp³-hybridized carbons (Fsp3) is 0.273. The maximum Gasteiger partial charge on any atom is 0.232 e. The molecular formula is C22H22FN5OS. The Morgan fingerprint density at radius 1 is 1.00 bits per heavy atom. The van der Waals surface area contributed by atoms with Crippen LogP contribution in [0.5, 0.6) is 0 Å². The van der Waals surface area contributed by atoms with Crippen LogP contribution >= 0.6 is 11.8 Å².